The maximum absolute atomic E-state index is 11.3. The Morgan fingerprint density at radius 2 is 2.09 bits per heavy atom. The van der Waals surface area contributed by atoms with Gasteiger partial charge in [0.05, 0.1) is 15.1 Å². The number of hydrogen-bond acceptors (Lipinski definition) is 6. The number of para-hydroxylation sites is 1. The summed E-state index contributed by atoms with van der Waals surface area (Å²) in [4.78, 5) is 17.0. The molecule has 108 valence electrons. The summed E-state index contributed by atoms with van der Waals surface area (Å²) >= 11 is 7.75. The van der Waals surface area contributed by atoms with Gasteiger partial charge >= 0.3 is 0 Å². The third kappa shape index (κ3) is 2.47. The number of fused-ring (bicyclic) bond motifs is 1. The third-order valence-corrected chi connectivity index (χ3v) is 5.38. The van der Waals surface area contributed by atoms with Gasteiger partial charge in [-0.25, -0.2) is 4.98 Å². The number of hydrogen-bond donors (Lipinski definition) is 1. The zero-order valence-electron chi connectivity index (χ0n) is 11.0. The van der Waals surface area contributed by atoms with E-state index in [1.165, 1.54) is 0 Å². The standard InChI is InChI=1S/C15H8N2O2S3/c18-15-17-13(20)12(22-15)7-8-5-6-10(19-8)14-16-9-3-1-2-4-11(9)21-14/h1-7H,(H,17,18,20)/b12-7-. The van der Waals surface area contributed by atoms with Gasteiger partial charge in [-0.3, -0.25) is 4.79 Å². The number of amides is 1. The average Bonchev–Trinajstić information content (AvgIpc) is 3.18. The van der Waals surface area contributed by atoms with Gasteiger partial charge in [-0.2, -0.15) is 0 Å². The second-order valence-corrected chi connectivity index (χ2v) is 6.99. The zero-order chi connectivity index (χ0) is 15.1. The molecular weight excluding hydrogens is 336 g/mol. The van der Waals surface area contributed by atoms with Crippen LogP contribution in [-0.4, -0.2) is 15.2 Å². The number of furan rings is 1. The van der Waals surface area contributed by atoms with Gasteiger partial charge in [-0.05, 0) is 42.1 Å². The summed E-state index contributed by atoms with van der Waals surface area (Å²) in [6.07, 6.45) is 1.77. The first-order valence-corrected chi connectivity index (χ1v) is 8.44. The van der Waals surface area contributed by atoms with Crippen LogP contribution in [0.3, 0.4) is 0 Å². The van der Waals surface area contributed by atoms with Gasteiger partial charge in [0.1, 0.15) is 10.7 Å². The molecule has 0 unspecified atom stereocenters. The SMILES string of the molecule is O=C1NC(=S)/C(=C/c2ccc(-c3nc4ccccc4s3)o2)S1. The van der Waals surface area contributed by atoms with Crippen molar-refractivity contribution in [3.63, 3.8) is 0 Å². The van der Waals surface area contributed by atoms with Gasteiger partial charge in [-0.15, -0.1) is 11.3 Å². The molecule has 0 aliphatic carbocycles. The van der Waals surface area contributed by atoms with Gasteiger partial charge < -0.3 is 9.73 Å². The Balaban J connectivity index is 1.68. The van der Waals surface area contributed by atoms with Crippen LogP contribution in [0.25, 0.3) is 27.1 Å². The molecule has 1 saturated heterocycles. The minimum Gasteiger partial charge on any atom is -0.454 e. The average molecular weight is 344 g/mol. The van der Waals surface area contributed by atoms with Crippen LogP contribution in [0.1, 0.15) is 5.76 Å². The van der Waals surface area contributed by atoms with E-state index in [1.807, 2.05) is 36.4 Å². The predicted molar refractivity (Wildman–Crippen MR) is 94.0 cm³/mol. The smallest absolute Gasteiger partial charge is 0.289 e. The third-order valence-electron chi connectivity index (χ3n) is 3.05. The summed E-state index contributed by atoms with van der Waals surface area (Å²) < 4.78 is 6.93. The van der Waals surface area contributed by atoms with E-state index in [0.29, 0.717) is 21.4 Å². The summed E-state index contributed by atoms with van der Waals surface area (Å²) in [5, 5.41) is 3.26. The van der Waals surface area contributed by atoms with Crippen molar-refractivity contribution in [1.82, 2.24) is 10.3 Å². The maximum atomic E-state index is 11.3. The van der Waals surface area contributed by atoms with Crippen molar-refractivity contribution >= 4 is 61.8 Å². The lowest BCUT2D eigenvalue weighted by molar-refractivity contribution is 0.265. The summed E-state index contributed by atoms with van der Waals surface area (Å²) in [6, 6.07) is 11.7. The molecule has 1 aliphatic heterocycles. The van der Waals surface area contributed by atoms with E-state index in [2.05, 4.69) is 10.3 Å². The Hall–Kier alpha value is -1.96. The van der Waals surface area contributed by atoms with E-state index in [-0.39, 0.29) is 5.24 Å². The minimum absolute atomic E-state index is 0.158. The van der Waals surface area contributed by atoms with Gasteiger partial charge in [0.25, 0.3) is 5.24 Å². The molecular formula is C15H8N2O2S3. The van der Waals surface area contributed by atoms with Crippen LogP contribution >= 0.6 is 35.3 Å². The monoisotopic (exact) mass is 344 g/mol. The van der Waals surface area contributed by atoms with Crippen molar-refractivity contribution < 1.29 is 9.21 Å². The number of thioether (sulfide) groups is 1. The number of thiazole rings is 1. The predicted octanol–water partition coefficient (Wildman–Crippen LogP) is 4.68. The van der Waals surface area contributed by atoms with Crippen molar-refractivity contribution in [1.29, 1.82) is 0 Å². The highest BCUT2D eigenvalue weighted by atomic mass is 32.2. The number of aromatic nitrogens is 1. The fourth-order valence-corrected chi connectivity index (χ4v) is 4.01. The molecule has 4 rings (SSSR count). The molecule has 4 nitrogen and oxygen atoms in total. The molecule has 3 aromatic rings. The molecule has 0 atom stereocenters. The topological polar surface area (TPSA) is 55.1 Å². The number of carbonyl (C=O) groups is 1. The molecule has 22 heavy (non-hydrogen) atoms. The maximum Gasteiger partial charge on any atom is 0.289 e. The quantitative estimate of drug-likeness (QED) is 0.540. The Morgan fingerprint density at radius 1 is 1.23 bits per heavy atom. The molecule has 1 fully saturated rings. The van der Waals surface area contributed by atoms with Gasteiger partial charge in [0.2, 0.25) is 0 Å². The summed E-state index contributed by atoms with van der Waals surface area (Å²) in [6.45, 7) is 0. The van der Waals surface area contributed by atoms with Crippen LogP contribution in [0.15, 0.2) is 45.7 Å². The van der Waals surface area contributed by atoms with Crippen molar-refractivity contribution in [2.45, 2.75) is 0 Å². The normalized spacial score (nSPS) is 16.6. The van der Waals surface area contributed by atoms with E-state index < -0.39 is 0 Å². The van der Waals surface area contributed by atoms with Gasteiger partial charge in [-0.1, -0.05) is 24.4 Å². The lowest BCUT2D eigenvalue weighted by Crippen LogP contribution is -2.15. The van der Waals surface area contributed by atoms with E-state index >= 15 is 0 Å². The lowest BCUT2D eigenvalue weighted by atomic mass is 10.3. The highest BCUT2D eigenvalue weighted by Gasteiger charge is 2.22. The summed E-state index contributed by atoms with van der Waals surface area (Å²) in [5.74, 6) is 1.36. The molecule has 0 radical (unpaired) electrons. The second-order valence-electron chi connectivity index (χ2n) is 4.54. The Kier molecular flexibility index (Phi) is 3.33. The fourth-order valence-electron chi connectivity index (χ4n) is 2.07. The zero-order valence-corrected chi connectivity index (χ0v) is 13.5. The van der Waals surface area contributed by atoms with Crippen LogP contribution in [0.5, 0.6) is 0 Å². The summed E-state index contributed by atoms with van der Waals surface area (Å²) in [7, 11) is 0. The molecule has 0 saturated carbocycles. The summed E-state index contributed by atoms with van der Waals surface area (Å²) in [5.41, 5.74) is 0.959. The molecule has 1 aliphatic rings. The van der Waals surface area contributed by atoms with Crippen LogP contribution in [0.4, 0.5) is 4.79 Å². The molecule has 3 heterocycles. The molecule has 1 amide bonds. The van der Waals surface area contributed by atoms with Crippen LogP contribution in [-0.2, 0) is 0 Å². The highest BCUT2D eigenvalue weighted by molar-refractivity contribution is 8.19. The van der Waals surface area contributed by atoms with E-state index in [0.717, 1.165) is 27.0 Å². The first-order valence-electron chi connectivity index (χ1n) is 6.40. The van der Waals surface area contributed by atoms with Crippen LogP contribution in [0.2, 0.25) is 0 Å². The van der Waals surface area contributed by atoms with E-state index in [4.69, 9.17) is 16.6 Å². The van der Waals surface area contributed by atoms with Crippen molar-refractivity contribution in [2.24, 2.45) is 0 Å². The molecule has 1 N–H and O–H groups in total. The van der Waals surface area contributed by atoms with Crippen molar-refractivity contribution in [3.05, 3.63) is 47.1 Å². The van der Waals surface area contributed by atoms with E-state index in [1.54, 1.807) is 17.4 Å². The molecule has 0 spiro atoms. The first-order chi connectivity index (χ1) is 10.7. The Bertz CT molecular complexity index is 906. The number of thiocarbonyl (C=S) groups is 1. The number of benzene rings is 1. The van der Waals surface area contributed by atoms with Crippen LogP contribution in [0, 0.1) is 0 Å². The highest BCUT2D eigenvalue weighted by Crippen LogP contribution is 2.33. The largest absolute Gasteiger partial charge is 0.454 e. The molecule has 2 aromatic heterocycles. The number of carbonyl (C=O) groups excluding carboxylic acids is 1. The number of nitrogens with zero attached hydrogens (tertiary/aromatic N) is 1. The number of nitrogens with one attached hydrogen (secondary N) is 1. The Labute approximate surface area is 139 Å². The second kappa shape index (κ2) is 5.35. The minimum atomic E-state index is -0.158. The lowest BCUT2D eigenvalue weighted by Gasteiger charge is -1.92. The molecule has 0 bridgehead atoms. The van der Waals surface area contributed by atoms with Gasteiger partial charge in [0.15, 0.2) is 10.8 Å². The van der Waals surface area contributed by atoms with Crippen molar-refractivity contribution in [3.8, 4) is 10.8 Å². The van der Waals surface area contributed by atoms with E-state index in [9.17, 15) is 4.79 Å². The molecule has 1 aromatic carbocycles. The number of rotatable bonds is 2. The first kappa shape index (κ1) is 13.7. The molecule has 7 heteroatoms. The van der Waals surface area contributed by atoms with Crippen molar-refractivity contribution in [2.75, 3.05) is 0 Å². The fraction of sp³-hybridized carbons (Fsp3) is 0. The Morgan fingerprint density at radius 3 is 2.86 bits per heavy atom. The van der Waals surface area contributed by atoms with Crippen LogP contribution < -0.4 is 5.32 Å². The van der Waals surface area contributed by atoms with Gasteiger partial charge in [0, 0.05) is 0 Å².